The van der Waals surface area contributed by atoms with Gasteiger partial charge in [-0.05, 0) is 30.0 Å². The fourth-order valence-corrected chi connectivity index (χ4v) is 3.12. The first-order chi connectivity index (χ1) is 12.6. The molecule has 1 heterocycles. The molecule has 3 rings (SSSR count). The molecule has 1 atom stereocenters. The third-order valence-corrected chi connectivity index (χ3v) is 4.52. The molecular weight excluding hydrogens is 328 g/mol. The number of hydrogen-bond donors (Lipinski definition) is 1. The maximum Gasteiger partial charge on any atom is 0.261 e. The largest absolute Gasteiger partial charge is 0.356 e. The average Bonchev–Trinajstić information content (AvgIpc) is 2.90. The first kappa shape index (κ1) is 17.9. The number of carbonyl (C=O) groups is 3. The van der Waals surface area contributed by atoms with Gasteiger partial charge in [0.25, 0.3) is 11.8 Å². The van der Waals surface area contributed by atoms with Crippen LogP contribution in [0.15, 0.2) is 54.6 Å². The Balaban J connectivity index is 1.45. The molecule has 5 heteroatoms. The van der Waals surface area contributed by atoms with Gasteiger partial charge in [0.05, 0.1) is 11.1 Å². The van der Waals surface area contributed by atoms with E-state index in [1.807, 2.05) is 18.2 Å². The zero-order valence-corrected chi connectivity index (χ0v) is 14.8. The smallest absolute Gasteiger partial charge is 0.261 e. The number of nitrogens with one attached hydrogen (secondary N) is 1. The van der Waals surface area contributed by atoms with Crippen molar-refractivity contribution in [2.24, 2.45) is 5.92 Å². The molecule has 1 unspecified atom stereocenters. The quantitative estimate of drug-likeness (QED) is 0.781. The normalized spacial score (nSPS) is 14.3. The predicted molar refractivity (Wildman–Crippen MR) is 98.7 cm³/mol. The number of rotatable bonds is 7. The van der Waals surface area contributed by atoms with E-state index in [4.69, 9.17) is 0 Å². The number of fused-ring (bicyclic) bond motifs is 1. The zero-order valence-electron chi connectivity index (χ0n) is 14.8. The van der Waals surface area contributed by atoms with E-state index in [9.17, 15) is 14.4 Å². The van der Waals surface area contributed by atoms with Gasteiger partial charge in [-0.2, -0.15) is 0 Å². The fraction of sp³-hybridized carbons (Fsp3) is 0.286. The van der Waals surface area contributed by atoms with Crippen molar-refractivity contribution in [1.82, 2.24) is 10.2 Å². The summed E-state index contributed by atoms with van der Waals surface area (Å²) in [5, 5.41) is 2.89. The van der Waals surface area contributed by atoms with E-state index in [0.29, 0.717) is 23.6 Å². The summed E-state index contributed by atoms with van der Waals surface area (Å²) >= 11 is 0. The summed E-state index contributed by atoms with van der Waals surface area (Å²) < 4.78 is 0. The molecule has 134 valence electrons. The molecule has 2 aromatic rings. The van der Waals surface area contributed by atoms with Gasteiger partial charge in [0, 0.05) is 19.5 Å². The molecule has 1 N–H and O–H groups in total. The van der Waals surface area contributed by atoms with E-state index in [1.54, 1.807) is 24.3 Å². The van der Waals surface area contributed by atoms with Crippen LogP contribution in [-0.4, -0.2) is 35.7 Å². The van der Waals surface area contributed by atoms with E-state index < -0.39 is 0 Å². The van der Waals surface area contributed by atoms with Crippen LogP contribution in [0.5, 0.6) is 0 Å². The van der Waals surface area contributed by atoms with Crippen molar-refractivity contribution < 1.29 is 14.4 Å². The summed E-state index contributed by atoms with van der Waals surface area (Å²) in [5.41, 5.74) is 2.06. The third-order valence-electron chi connectivity index (χ3n) is 4.52. The second-order valence-electron chi connectivity index (χ2n) is 6.66. The highest BCUT2D eigenvalue weighted by molar-refractivity contribution is 6.21. The van der Waals surface area contributed by atoms with Gasteiger partial charge < -0.3 is 5.32 Å². The van der Waals surface area contributed by atoms with Crippen LogP contribution in [0.4, 0.5) is 0 Å². The Morgan fingerprint density at radius 2 is 1.54 bits per heavy atom. The predicted octanol–water partition coefficient (Wildman–Crippen LogP) is 2.67. The molecule has 26 heavy (non-hydrogen) atoms. The van der Waals surface area contributed by atoms with E-state index in [-0.39, 0.29) is 30.7 Å². The fourth-order valence-electron chi connectivity index (χ4n) is 3.12. The number of amides is 3. The Labute approximate surface area is 153 Å². The number of hydrogen-bond acceptors (Lipinski definition) is 3. The monoisotopic (exact) mass is 350 g/mol. The summed E-state index contributed by atoms with van der Waals surface area (Å²) in [6.45, 7) is 2.75. The van der Waals surface area contributed by atoms with Crippen LogP contribution in [0, 0.1) is 5.92 Å². The Bertz CT molecular complexity index is 782. The van der Waals surface area contributed by atoms with E-state index in [1.165, 1.54) is 5.56 Å². The van der Waals surface area contributed by atoms with Crippen molar-refractivity contribution in [2.45, 2.75) is 19.8 Å². The SMILES string of the molecule is CC(CNC(=O)CCN1C(=O)c2ccccc2C1=O)Cc1ccccc1. The minimum absolute atomic E-state index is 0.102. The van der Waals surface area contributed by atoms with Crippen LogP contribution >= 0.6 is 0 Å². The lowest BCUT2D eigenvalue weighted by atomic mass is 10.0. The first-order valence-electron chi connectivity index (χ1n) is 8.82. The molecule has 1 aliphatic rings. The molecule has 0 fully saturated rings. The van der Waals surface area contributed by atoms with Gasteiger partial charge in [-0.25, -0.2) is 0 Å². The first-order valence-corrected chi connectivity index (χ1v) is 8.82. The standard InChI is InChI=1S/C21H22N2O3/c1-15(13-16-7-3-2-4-8-16)14-22-19(24)11-12-23-20(25)17-9-5-6-10-18(17)21(23)26/h2-10,15H,11-14H2,1H3,(H,22,24). The van der Waals surface area contributed by atoms with Crippen LogP contribution in [0.1, 0.15) is 39.6 Å². The summed E-state index contributed by atoms with van der Waals surface area (Å²) in [6, 6.07) is 16.9. The summed E-state index contributed by atoms with van der Waals surface area (Å²) in [6.07, 6.45) is 1.00. The highest BCUT2D eigenvalue weighted by atomic mass is 16.2. The molecular formula is C21H22N2O3. The van der Waals surface area contributed by atoms with E-state index in [0.717, 1.165) is 11.3 Å². The lowest BCUT2D eigenvalue weighted by Gasteiger charge is -2.15. The second-order valence-corrected chi connectivity index (χ2v) is 6.66. The molecule has 0 bridgehead atoms. The Kier molecular flexibility index (Phi) is 5.46. The van der Waals surface area contributed by atoms with Crippen molar-refractivity contribution in [2.75, 3.05) is 13.1 Å². The Morgan fingerprint density at radius 3 is 2.15 bits per heavy atom. The molecule has 1 aliphatic heterocycles. The van der Waals surface area contributed by atoms with Gasteiger partial charge in [-0.15, -0.1) is 0 Å². The van der Waals surface area contributed by atoms with Gasteiger partial charge >= 0.3 is 0 Å². The lowest BCUT2D eigenvalue weighted by molar-refractivity contribution is -0.121. The lowest BCUT2D eigenvalue weighted by Crippen LogP contribution is -2.35. The number of nitrogens with zero attached hydrogens (tertiary/aromatic N) is 1. The average molecular weight is 350 g/mol. The maximum absolute atomic E-state index is 12.3. The van der Waals surface area contributed by atoms with Crippen molar-refractivity contribution in [3.05, 3.63) is 71.3 Å². The molecule has 5 nitrogen and oxygen atoms in total. The number of carbonyl (C=O) groups excluding carboxylic acids is 3. The van der Waals surface area contributed by atoms with Gasteiger partial charge in [0.2, 0.25) is 5.91 Å². The van der Waals surface area contributed by atoms with Crippen molar-refractivity contribution in [3.8, 4) is 0 Å². The molecule has 0 saturated carbocycles. The summed E-state index contributed by atoms with van der Waals surface area (Å²) in [7, 11) is 0. The van der Waals surface area contributed by atoms with Crippen LogP contribution in [0.2, 0.25) is 0 Å². The summed E-state index contributed by atoms with van der Waals surface area (Å²) in [5.74, 6) is -0.492. The van der Waals surface area contributed by atoms with E-state index in [2.05, 4.69) is 24.4 Å². The molecule has 0 spiro atoms. The van der Waals surface area contributed by atoms with Crippen molar-refractivity contribution >= 4 is 17.7 Å². The zero-order chi connectivity index (χ0) is 18.5. The van der Waals surface area contributed by atoms with Gasteiger partial charge in [-0.1, -0.05) is 49.4 Å². The number of benzene rings is 2. The van der Waals surface area contributed by atoms with E-state index >= 15 is 0 Å². The minimum Gasteiger partial charge on any atom is -0.356 e. The Morgan fingerprint density at radius 1 is 0.962 bits per heavy atom. The van der Waals surface area contributed by atoms with Crippen LogP contribution in [0.25, 0.3) is 0 Å². The topological polar surface area (TPSA) is 66.5 Å². The van der Waals surface area contributed by atoms with Gasteiger partial charge in [-0.3, -0.25) is 19.3 Å². The van der Waals surface area contributed by atoms with Crippen LogP contribution < -0.4 is 5.32 Å². The third kappa shape index (κ3) is 3.99. The Hall–Kier alpha value is -2.95. The molecule has 0 saturated heterocycles. The molecule has 3 amide bonds. The van der Waals surface area contributed by atoms with Gasteiger partial charge in [0.15, 0.2) is 0 Å². The van der Waals surface area contributed by atoms with Crippen molar-refractivity contribution in [1.29, 1.82) is 0 Å². The molecule has 0 aliphatic carbocycles. The van der Waals surface area contributed by atoms with Crippen LogP contribution in [0.3, 0.4) is 0 Å². The highest BCUT2D eigenvalue weighted by Crippen LogP contribution is 2.22. The maximum atomic E-state index is 12.3. The molecule has 0 aromatic heterocycles. The minimum atomic E-state index is -0.323. The summed E-state index contributed by atoms with van der Waals surface area (Å²) in [4.78, 5) is 37.8. The van der Waals surface area contributed by atoms with Crippen molar-refractivity contribution in [3.63, 3.8) is 0 Å². The van der Waals surface area contributed by atoms with Gasteiger partial charge in [0.1, 0.15) is 0 Å². The molecule has 2 aromatic carbocycles. The number of imide groups is 1. The second kappa shape index (κ2) is 7.95. The molecule has 0 radical (unpaired) electrons. The van der Waals surface area contributed by atoms with Crippen LogP contribution in [-0.2, 0) is 11.2 Å². The highest BCUT2D eigenvalue weighted by Gasteiger charge is 2.34.